The van der Waals surface area contributed by atoms with Crippen LogP contribution in [0.3, 0.4) is 0 Å². The van der Waals surface area contributed by atoms with E-state index in [4.69, 9.17) is 9.52 Å². The van der Waals surface area contributed by atoms with Gasteiger partial charge in [0.25, 0.3) is 6.01 Å². The van der Waals surface area contributed by atoms with Crippen molar-refractivity contribution in [2.75, 3.05) is 11.9 Å². The van der Waals surface area contributed by atoms with Gasteiger partial charge in [-0.1, -0.05) is 0 Å². The molecule has 0 amide bonds. The predicted octanol–water partition coefficient (Wildman–Crippen LogP) is 0.537. The number of aliphatic hydroxyl groups excluding tert-OH is 1. The van der Waals surface area contributed by atoms with Gasteiger partial charge in [0.2, 0.25) is 0 Å². The summed E-state index contributed by atoms with van der Waals surface area (Å²) in [5.74, 6) is 0. The molecule has 0 aromatic carbocycles. The third-order valence-electron chi connectivity index (χ3n) is 2.21. The van der Waals surface area contributed by atoms with Crippen LogP contribution >= 0.6 is 0 Å². The fourth-order valence-electron chi connectivity index (χ4n) is 1.44. The molecule has 2 heterocycles. The van der Waals surface area contributed by atoms with Gasteiger partial charge < -0.3 is 14.4 Å². The Labute approximate surface area is 93.1 Å². The second-order valence-corrected chi connectivity index (χ2v) is 3.66. The zero-order valence-electron chi connectivity index (χ0n) is 9.29. The lowest BCUT2D eigenvalue weighted by Gasteiger charge is -2.12. The summed E-state index contributed by atoms with van der Waals surface area (Å²) in [6.07, 6.45) is 5.19. The first kappa shape index (κ1) is 10.7. The van der Waals surface area contributed by atoms with Gasteiger partial charge in [-0.15, -0.1) is 0 Å². The van der Waals surface area contributed by atoms with Crippen molar-refractivity contribution in [2.45, 2.75) is 13.2 Å². The summed E-state index contributed by atoms with van der Waals surface area (Å²) in [5.41, 5.74) is 1.61. The van der Waals surface area contributed by atoms with Gasteiger partial charge in [0.05, 0.1) is 19.3 Å². The Morgan fingerprint density at radius 3 is 2.94 bits per heavy atom. The van der Waals surface area contributed by atoms with E-state index < -0.39 is 0 Å². The molecule has 0 unspecified atom stereocenters. The Hall–Kier alpha value is -1.82. The van der Waals surface area contributed by atoms with Gasteiger partial charge in [-0.3, -0.25) is 4.68 Å². The molecule has 0 saturated heterocycles. The minimum atomic E-state index is -0.107. The van der Waals surface area contributed by atoms with E-state index in [-0.39, 0.29) is 6.61 Å². The fraction of sp³-hybridized carbons (Fsp3) is 0.400. The van der Waals surface area contributed by atoms with Crippen LogP contribution in [0, 0.1) is 0 Å². The number of rotatable bonds is 4. The van der Waals surface area contributed by atoms with Gasteiger partial charge >= 0.3 is 0 Å². The van der Waals surface area contributed by atoms with Gasteiger partial charge in [0.1, 0.15) is 12.0 Å². The monoisotopic (exact) mass is 222 g/mol. The molecule has 0 spiro atoms. The number of hydrogen-bond acceptors (Lipinski definition) is 5. The average Bonchev–Trinajstić information content (AvgIpc) is 2.87. The molecule has 2 rings (SSSR count). The van der Waals surface area contributed by atoms with Crippen LogP contribution < -0.4 is 4.90 Å². The maximum Gasteiger partial charge on any atom is 0.297 e. The highest BCUT2D eigenvalue weighted by molar-refractivity contribution is 5.27. The van der Waals surface area contributed by atoms with Crippen molar-refractivity contribution >= 4 is 6.01 Å². The van der Waals surface area contributed by atoms with Gasteiger partial charge in [-0.05, 0) is 0 Å². The van der Waals surface area contributed by atoms with E-state index >= 15 is 0 Å². The Kier molecular flexibility index (Phi) is 2.91. The molecule has 6 heteroatoms. The standard InChI is InChI=1S/C10H14N4O2/c1-13(4-8-3-11-14(2)5-8)10-12-9(6-15)7-16-10/h3,5,7,15H,4,6H2,1-2H3. The number of aryl methyl sites for hydroxylation is 1. The molecule has 0 radical (unpaired) electrons. The summed E-state index contributed by atoms with van der Waals surface area (Å²) in [4.78, 5) is 5.97. The molecule has 1 N–H and O–H groups in total. The lowest BCUT2D eigenvalue weighted by Crippen LogP contribution is -2.16. The van der Waals surface area contributed by atoms with E-state index in [1.54, 1.807) is 10.9 Å². The molecule has 16 heavy (non-hydrogen) atoms. The second kappa shape index (κ2) is 4.36. The predicted molar refractivity (Wildman–Crippen MR) is 57.7 cm³/mol. The highest BCUT2D eigenvalue weighted by Gasteiger charge is 2.09. The quantitative estimate of drug-likeness (QED) is 0.817. The number of anilines is 1. The molecule has 0 bridgehead atoms. The van der Waals surface area contributed by atoms with E-state index in [0.29, 0.717) is 18.3 Å². The third kappa shape index (κ3) is 2.22. The SMILES string of the molecule is CN(Cc1cnn(C)c1)c1nc(CO)co1. The molecule has 2 aromatic rings. The van der Waals surface area contributed by atoms with Gasteiger partial charge in [-0.2, -0.15) is 10.1 Å². The Balaban J connectivity index is 2.05. The second-order valence-electron chi connectivity index (χ2n) is 3.66. The summed E-state index contributed by atoms with van der Waals surface area (Å²) >= 11 is 0. The van der Waals surface area contributed by atoms with Crippen molar-refractivity contribution in [1.29, 1.82) is 0 Å². The summed E-state index contributed by atoms with van der Waals surface area (Å²) in [5, 5.41) is 13.0. The maximum atomic E-state index is 8.87. The van der Waals surface area contributed by atoms with E-state index in [9.17, 15) is 0 Å². The van der Waals surface area contributed by atoms with Crippen LogP contribution in [0.15, 0.2) is 23.1 Å². The summed E-state index contributed by atoms with van der Waals surface area (Å²) in [6.45, 7) is 0.559. The molecular weight excluding hydrogens is 208 g/mol. The summed E-state index contributed by atoms with van der Waals surface area (Å²) in [7, 11) is 3.75. The summed E-state index contributed by atoms with van der Waals surface area (Å²) in [6, 6.07) is 0.493. The molecule has 0 saturated carbocycles. The lowest BCUT2D eigenvalue weighted by molar-refractivity contribution is 0.276. The summed E-state index contributed by atoms with van der Waals surface area (Å²) < 4.78 is 6.97. The Bertz CT molecular complexity index is 463. The number of aliphatic hydroxyl groups is 1. The molecule has 2 aromatic heterocycles. The van der Waals surface area contributed by atoms with Crippen molar-refractivity contribution in [3.05, 3.63) is 29.9 Å². The van der Waals surface area contributed by atoms with Crippen LogP contribution in [0.2, 0.25) is 0 Å². The van der Waals surface area contributed by atoms with Crippen molar-refractivity contribution in [1.82, 2.24) is 14.8 Å². The number of aromatic nitrogens is 3. The molecule has 0 atom stereocenters. The third-order valence-corrected chi connectivity index (χ3v) is 2.21. The highest BCUT2D eigenvalue weighted by Crippen LogP contribution is 2.14. The molecule has 86 valence electrons. The minimum Gasteiger partial charge on any atom is -0.432 e. The smallest absolute Gasteiger partial charge is 0.297 e. The first-order valence-electron chi connectivity index (χ1n) is 4.93. The molecular formula is C10H14N4O2. The zero-order chi connectivity index (χ0) is 11.5. The zero-order valence-corrected chi connectivity index (χ0v) is 9.29. The largest absolute Gasteiger partial charge is 0.432 e. The Morgan fingerprint density at radius 2 is 2.38 bits per heavy atom. The molecule has 0 aliphatic heterocycles. The lowest BCUT2D eigenvalue weighted by atomic mass is 10.3. The van der Waals surface area contributed by atoms with E-state index in [2.05, 4.69) is 10.1 Å². The maximum absolute atomic E-state index is 8.87. The van der Waals surface area contributed by atoms with Crippen LogP contribution in [0.1, 0.15) is 11.3 Å². The molecule has 0 aliphatic carbocycles. The average molecular weight is 222 g/mol. The van der Waals surface area contributed by atoms with Crippen LogP contribution in [-0.4, -0.2) is 26.9 Å². The minimum absolute atomic E-state index is 0.107. The first-order valence-corrected chi connectivity index (χ1v) is 4.93. The number of hydrogen-bond donors (Lipinski definition) is 1. The normalized spacial score (nSPS) is 10.7. The first-order chi connectivity index (χ1) is 7.69. The number of nitrogens with zero attached hydrogens (tertiary/aromatic N) is 4. The van der Waals surface area contributed by atoms with Gasteiger partial charge in [-0.25, -0.2) is 0 Å². The number of oxazole rings is 1. The van der Waals surface area contributed by atoms with Crippen LogP contribution in [-0.2, 0) is 20.2 Å². The molecule has 6 nitrogen and oxygen atoms in total. The van der Waals surface area contributed by atoms with Crippen molar-refractivity contribution in [3.8, 4) is 0 Å². The fourth-order valence-corrected chi connectivity index (χ4v) is 1.44. The van der Waals surface area contributed by atoms with E-state index in [1.807, 2.05) is 25.2 Å². The van der Waals surface area contributed by atoms with Gasteiger partial charge in [0.15, 0.2) is 0 Å². The molecule has 0 aliphatic rings. The van der Waals surface area contributed by atoms with Crippen LogP contribution in [0.4, 0.5) is 6.01 Å². The van der Waals surface area contributed by atoms with Crippen molar-refractivity contribution < 1.29 is 9.52 Å². The van der Waals surface area contributed by atoms with Gasteiger partial charge in [0, 0.05) is 25.9 Å². The Morgan fingerprint density at radius 1 is 1.56 bits per heavy atom. The van der Waals surface area contributed by atoms with Crippen LogP contribution in [0.25, 0.3) is 0 Å². The topological polar surface area (TPSA) is 67.3 Å². The van der Waals surface area contributed by atoms with Crippen molar-refractivity contribution in [3.63, 3.8) is 0 Å². The van der Waals surface area contributed by atoms with Crippen LogP contribution in [0.5, 0.6) is 0 Å². The van der Waals surface area contributed by atoms with E-state index in [0.717, 1.165) is 5.56 Å². The van der Waals surface area contributed by atoms with Crippen molar-refractivity contribution in [2.24, 2.45) is 7.05 Å². The van der Waals surface area contributed by atoms with E-state index in [1.165, 1.54) is 6.26 Å². The molecule has 0 fully saturated rings. The highest BCUT2D eigenvalue weighted by atomic mass is 16.4.